The minimum atomic E-state index is 0.190. The Hall–Kier alpha value is -0.900. The van der Waals surface area contributed by atoms with Crippen molar-refractivity contribution in [3.8, 4) is 0 Å². The summed E-state index contributed by atoms with van der Waals surface area (Å²) >= 11 is 0. The molecular weight excluding hydrogens is 258 g/mol. The molecule has 3 heteroatoms. The van der Waals surface area contributed by atoms with Gasteiger partial charge >= 0.3 is 0 Å². The van der Waals surface area contributed by atoms with E-state index < -0.39 is 0 Å². The van der Waals surface area contributed by atoms with Gasteiger partial charge in [-0.05, 0) is 51.9 Å². The maximum Gasteiger partial charge on any atom is 0.0496 e. The Bertz CT molecular complexity index is 426. The van der Waals surface area contributed by atoms with Gasteiger partial charge in [0.2, 0.25) is 0 Å². The van der Waals surface area contributed by atoms with Gasteiger partial charge in [0.25, 0.3) is 0 Å². The molecule has 0 saturated carbocycles. The summed E-state index contributed by atoms with van der Waals surface area (Å²) in [6.45, 7) is 9.12. The molecule has 3 nitrogen and oxygen atoms in total. The number of rotatable bonds is 7. The van der Waals surface area contributed by atoms with Crippen molar-refractivity contribution in [1.82, 2.24) is 9.80 Å². The monoisotopic (exact) mass is 289 g/mol. The van der Waals surface area contributed by atoms with Crippen molar-refractivity contribution in [3.05, 3.63) is 35.4 Å². The second-order valence-electron chi connectivity index (χ2n) is 6.46. The van der Waals surface area contributed by atoms with Crippen LogP contribution in [0.15, 0.2) is 24.3 Å². The molecule has 0 spiro atoms. The van der Waals surface area contributed by atoms with Crippen LogP contribution in [0.1, 0.15) is 43.4 Å². The zero-order valence-corrected chi connectivity index (χ0v) is 13.9. The van der Waals surface area contributed by atoms with E-state index in [2.05, 4.69) is 55.0 Å². The number of aryl methyl sites for hydroxylation is 1. The molecule has 1 saturated heterocycles. The highest BCUT2D eigenvalue weighted by Gasteiger charge is 2.23. The van der Waals surface area contributed by atoms with Gasteiger partial charge in [0.1, 0.15) is 0 Å². The van der Waals surface area contributed by atoms with Gasteiger partial charge in [0.15, 0.2) is 0 Å². The van der Waals surface area contributed by atoms with E-state index >= 15 is 0 Å². The molecule has 1 aliphatic heterocycles. The van der Waals surface area contributed by atoms with Crippen molar-refractivity contribution in [3.63, 3.8) is 0 Å². The summed E-state index contributed by atoms with van der Waals surface area (Å²) in [4.78, 5) is 5.02. The van der Waals surface area contributed by atoms with Crippen molar-refractivity contribution in [2.24, 2.45) is 5.73 Å². The van der Waals surface area contributed by atoms with Gasteiger partial charge in [-0.1, -0.05) is 36.8 Å². The quantitative estimate of drug-likeness (QED) is 0.838. The molecule has 1 heterocycles. The second-order valence-corrected chi connectivity index (χ2v) is 6.46. The van der Waals surface area contributed by atoms with Gasteiger partial charge in [-0.3, -0.25) is 4.90 Å². The largest absolute Gasteiger partial charge is 0.326 e. The van der Waals surface area contributed by atoms with Gasteiger partial charge in [0.05, 0.1) is 0 Å². The van der Waals surface area contributed by atoms with Crippen molar-refractivity contribution >= 4 is 0 Å². The standard InChI is InChI=1S/C18H31N3/c1-4-17(19)18(16-9-7-8-15(2)14-16)20(3)12-13-21-10-5-6-11-21/h7-9,14,17-18H,4-6,10-13,19H2,1-3H3. The fraction of sp³-hybridized carbons (Fsp3) is 0.667. The summed E-state index contributed by atoms with van der Waals surface area (Å²) in [5, 5.41) is 0. The van der Waals surface area contributed by atoms with E-state index in [1.54, 1.807) is 0 Å². The van der Waals surface area contributed by atoms with Gasteiger partial charge in [-0.2, -0.15) is 0 Å². The molecule has 0 amide bonds. The first kappa shape index (κ1) is 16.5. The first-order valence-electron chi connectivity index (χ1n) is 8.36. The molecule has 0 radical (unpaired) electrons. The zero-order chi connectivity index (χ0) is 15.2. The maximum atomic E-state index is 6.43. The summed E-state index contributed by atoms with van der Waals surface area (Å²) in [5.74, 6) is 0. The minimum absolute atomic E-state index is 0.190. The Labute approximate surface area is 130 Å². The van der Waals surface area contributed by atoms with Crippen LogP contribution in [0.25, 0.3) is 0 Å². The summed E-state index contributed by atoms with van der Waals surface area (Å²) in [6, 6.07) is 9.32. The summed E-state index contributed by atoms with van der Waals surface area (Å²) in [7, 11) is 2.22. The maximum absolute atomic E-state index is 6.43. The predicted molar refractivity (Wildman–Crippen MR) is 90.5 cm³/mol. The van der Waals surface area contributed by atoms with E-state index in [4.69, 9.17) is 5.73 Å². The normalized spacial score (nSPS) is 19.1. The molecule has 1 aromatic rings. The number of likely N-dealkylation sites (tertiary alicyclic amines) is 1. The van der Waals surface area contributed by atoms with Gasteiger partial charge in [0, 0.05) is 25.2 Å². The molecule has 1 aliphatic rings. The highest BCUT2D eigenvalue weighted by molar-refractivity contribution is 5.26. The van der Waals surface area contributed by atoms with Gasteiger partial charge in [-0.25, -0.2) is 0 Å². The number of hydrogen-bond donors (Lipinski definition) is 1. The van der Waals surface area contributed by atoms with Gasteiger partial charge < -0.3 is 10.6 Å². The molecule has 2 atom stereocenters. The average molecular weight is 289 g/mol. The second kappa shape index (κ2) is 7.92. The molecule has 2 rings (SSSR count). The van der Waals surface area contributed by atoms with Crippen LogP contribution in [0.3, 0.4) is 0 Å². The molecule has 1 aromatic carbocycles. The fourth-order valence-corrected chi connectivity index (χ4v) is 3.35. The molecule has 1 fully saturated rings. The Morgan fingerprint density at radius 1 is 1.29 bits per heavy atom. The van der Waals surface area contributed by atoms with Crippen molar-refractivity contribution < 1.29 is 0 Å². The predicted octanol–water partition coefficient (Wildman–Crippen LogP) is 2.80. The average Bonchev–Trinajstić information content (AvgIpc) is 2.98. The van der Waals surface area contributed by atoms with Crippen LogP contribution in [-0.4, -0.2) is 49.1 Å². The van der Waals surface area contributed by atoms with Crippen molar-refractivity contribution in [1.29, 1.82) is 0 Å². The molecule has 0 bridgehead atoms. The van der Waals surface area contributed by atoms with E-state index in [-0.39, 0.29) is 6.04 Å². The molecule has 0 aliphatic carbocycles. The number of benzene rings is 1. The van der Waals surface area contributed by atoms with E-state index in [0.29, 0.717) is 6.04 Å². The Morgan fingerprint density at radius 3 is 2.62 bits per heavy atom. The number of hydrogen-bond acceptors (Lipinski definition) is 3. The van der Waals surface area contributed by atoms with Crippen LogP contribution in [-0.2, 0) is 0 Å². The molecule has 118 valence electrons. The molecule has 0 aromatic heterocycles. The Balaban J connectivity index is 2.04. The number of nitrogens with two attached hydrogens (primary N) is 1. The number of likely N-dealkylation sites (N-methyl/N-ethyl adjacent to an activating group) is 1. The lowest BCUT2D eigenvalue weighted by atomic mass is 9.95. The topological polar surface area (TPSA) is 32.5 Å². The molecular formula is C18H31N3. The van der Waals surface area contributed by atoms with Crippen molar-refractivity contribution in [2.75, 3.05) is 33.2 Å². The van der Waals surface area contributed by atoms with Crippen LogP contribution in [0.4, 0.5) is 0 Å². The third kappa shape index (κ3) is 4.53. The van der Waals surface area contributed by atoms with Crippen LogP contribution >= 0.6 is 0 Å². The van der Waals surface area contributed by atoms with Crippen LogP contribution < -0.4 is 5.73 Å². The highest BCUT2D eigenvalue weighted by atomic mass is 15.2. The number of nitrogens with zero attached hydrogens (tertiary/aromatic N) is 2. The van der Waals surface area contributed by atoms with Gasteiger partial charge in [-0.15, -0.1) is 0 Å². The third-order valence-corrected chi connectivity index (χ3v) is 4.70. The Morgan fingerprint density at radius 2 is 2.00 bits per heavy atom. The van der Waals surface area contributed by atoms with Crippen LogP contribution in [0.2, 0.25) is 0 Å². The molecule has 2 unspecified atom stereocenters. The summed E-state index contributed by atoms with van der Waals surface area (Å²) in [6.07, 6.45) is 3.73. The molecule has 21 heavy (non-hydrogen) atoms. The van der Waals surface area contributed by atoms with Crippen LogP contribution in [0, 0.1) is 6.92 Å². The Kier molecular flexibility index (Phi) is 6.22. The van der Waals surface area contributed by atoms with E-state index in [1.165, 1.54) is 37.1 Å². The SMILES string of the molecule is CCC(N)C(c1cccc(C)c1)N(C)CCN1CCCC1. The van der Waals surface area contributed by atoms with Crippen molar-refractivity contribution in [2.45, 2.75) is 45.2 Å². The molecule has 2 N–H and O–H groups in total. The van der Waals surface area contributed by atoms with E-state index in [1.807, 2.05) is 0 Å². The first-order valence-corrected chi connectivity index (χ1v) is 8.36. The van der Waals surface area contributed by atoms with Crippen LogP contribution in [0.5, 0.6) is 0 Å². The lowest BCUT2D eigenvalue weighted by Crippen LogP contribution is -2.42. The first-order chi connectivity index (χ1) is 10.1. The minimum Gasteiger partial charge on any atom is -0.326 e. The fourth-order valence-electron chi connectivity index (χ4n) is 3.35. The smallest absolute Gasteiger partial charge is 0.0496 e. The summed E-state index contributed by atoms with van der Waals surface area (Å²) in [5.41, 5.74) is 9.10. The third-order valence-electron chi connectivity index (χ3n) is 4.70. The van der Waals surface area contributed by atoms with E-state index in [0.717, 1.165) is 19.5 Å². The zero-order valence-electron chi connectivity index (χ0n) is 13.9. The highest BCUT2D eigenvalue weighted by Crippen LogP contribution is 2.24. The lowest BCUT2D eigenvalue weighted by molar-refractivity contribution is 0.182. The van der Waals surface area contributed by atoms with E-state index in [9.17, 15) is 0 Å². The lowest BCUT2D eigenvalue weighted by Gasteiger charge is -2.34. The summed E-state index contributed by atoms with van der Waals surface area (Å²) < 4.78 is 0.